The van der Waals surface area contributed by atoms with Crippen molar-refractivity contribution in [2.24, 2.45) is 0 Å². The first kappa shape index (κ1) is 23.7. The molecule has 0 bridgehead atoms. The number of carbonyl (C=O) groups is 3. The number of amides is 4. The van der Waals surface area contributed by atoms with E-state index in [2.05, 4.69) is 5.32 Å². The Kier molecular flexibility index (Phi) is 6.96. The van der Waals surface area contributed by atoms with Crippen molar-refractivity contribution >= 4 is 29.2 Å². The van der Waals surface area contributed by atoms with Crippen LogP contribution in [0.15, 0.2) is 72.8 Å². The summed E-state index contributed by atoms with van der Waals surface area (Å²) in [6.07, 6.45) is -0.265. The molecule has 1 N–H and O–H groups in total. The summed E-state index contributed by atoms with van der Waals surface area (Å²) >= 11 is 0. The summed E-state index contributed by atoms with van der Waals surface area (Å²) in [6.45, 7) is -0.0323. The number of carbonyl (C=O) groups excluding carboxylic acids is 3. The third kappa shape index (κ3) is 5.24. The van der Waals surface area contributed by atoms with Gasteiger partial charge in [-0.1, -0.05) is 12.1 Å². The number of rotatable bonds is 8. The second-order valence-electron chi connectivity index (χ2n) is 7.91. The zero-order chi connectivity index (χ0) is 24.9. The topological polar surface area (TPSA) is 88.2 Å². The van der Waals surface area contributed by atoms with Gasteiger partial charge in [0.25, 0.3) is 5.91 Å². The van der Waals surface area contributed by atoms with E-state index >= 15 is 0 Å². The van der Waals surface area contributed by atoms with E-state index in [0.29, 0.717) is 28.4 Å². The number of hydrogen-bond acceptors (Lipinski definition) is 5. The van der Waals surface area contributed by atoms with Crippen molar-refractivity contribution in [1.29, 1.82) is 0 Å². The summed E-state index contributed by atoms with van der Waals surface area (Å²) in [5, 5.41) is 2.74. The third-order valence-corrected chi connectivity index (χ3v) is 5.64. The molecule has 0 radical (unpaired) electrons. The Hall–Kier alpha value is -4.40. The number of anilines is 2. The molecular formula is C26H24FN3O5. The van der Waals surface area contributed by atoms with Gasteiger partial charge in [-0.2, -0.15) is 0 Å². The number of halogens is 1. The van der Waals surface area contributed by atoms with Crippen molar-refractivity contribution in [2.75, 3.05) is 24.4 Å². The van der Waals surface area contributed by atoms with Gasteiger partial charge in [-0.3, -0.25) is 9.59 Å². The van der Waals surface area contributed by atoms with Crippen molar-refractivity contribution in [3.05, 3.63) is 84.2 Å². The van der Waals surface area contributed by atoms with Gasteiger partial charge in [0.2, 0.25) is 5.91 Å². The lowest BCUT2D eigenvalue weighted by Gasteiger charge is -2.21. The van der Waals surface area contributed by atoms with E-state index in [-0.39, 0.29) is 13.0 Å². The van der Waals surface area contributed by atoms with Crippen molar-refractivity contribution < 1.29 is 28.2 Å². The molecule has 180 valence electrons. The average molecular weight is 477 g/mol. The van der Waals surface area contributed by atoms with Crippen molar-refractivity contribution in [2.45, 2.75) is 19.0 Å². The second kappa shape index (κ2) is 10.3. The molecule has 4 rings (SSSR count). The first-order valence-electron chi connectivity index (χ1n) is 10.9. The molecule has 1 atom stereocenters. The number of methoxy groups -OCH3 is 2. The normalized spacial score (nSPS) is 15.3. The predicted molar refractivity (Wildman–Crippen MR) is 128 cm³/mol. The molecule has 1 aliphatic heterocycles. The molecular weight excluding hydrogens is 453 g/mol. The molecule has 3 aromatic rings. The molecule has 9 heteroatoms. The standard InChI is InChI=1S/C26H24FN3O5/c1-34-21-10-6-19(7-11-21)28-24(31)15-23-25(32)30(20-8-12-22(35-2)13-9-20)26(33)29(23)16-17-4-3-5-18(27)14-17/h3-14,23H,15-16H2,1-2H3,(H,28,31)/t23-/m0/s1. The lowest BCUT2D eigenvalue weighted by atomic mass is 10.1. The van der Waals surface area contributed by atoms with Crippen LogP contribution in [-0.4, -0.2) is 43.0 Å². The Balaban J connectivity index is 1.59. The van der Waals surface area contributed by atoms with Crippen LogP contribution in [0.25, 0.3) is 0 Å². The molecule has 0 aromatic heterocycles. The number of ether oxygens (including phenoxy) is 2. The lowest BCUT2D eigenvalue weighted by molar-refractivity contribution is -0.124. The largest absolute Gasteiger partial charge is 0.497 e. The maximum Gasteiger partial charge on any atom is 0.332 e. The van der Waals surface area contributed by atoms with E-state index in [4.69, 9.17) is 9.47 Å². The highest BCUT2D eigenvalue weighted by Crippen LogP contribution is 2.30. The number of nitrogens with one attached hydrogen (secondary N) is 1. The maximum absolute atomic E-state index is 13.8. The summed E-state index contributed by atoms with van der Waals surface area (Å²) in [5.74, 6) is -0.235. The summed E-state index contributed by atoms with van der Waals surface area (Å²) in [6, 6.07) is 17.3. The molecule has 3 aromatic carbocycles. The maximum atomic E-state index is 13.8. The molecule has 0 spiro atoms. The van der Waals surface area contributed by atoms with Crippen molar-refractivity contribution in [3.8, 4) is 11.5 Å². The van der Waals surface area contributed by atoms with E-state index in [1.807, 2.05) is 0 Å². The fraction of sp³-hybridized carbons (Fsp3) is 0.192. The van der Waals surface area contributed by atoms with E-state index in [1.54, 1.807) is 54.6 Å². The molecule has 0 saturated carbocycles. The van der Waals surface area contributed by atoms with E-state index in [0.717, 1.165) is 4.90 Å². The van der Waals surface area contributed by atoms with Crippen LogP contribution in [0.4, 0.5) is 20.6 Å². The van der Waals surface area contributed by atoms with E-state index in [1.165, 1.54) is 37.3 Å². The number of nitrogens with zero attached hydrogens (tertiary/aromatic N) is 2. The fourth-order valence-electron chi connectivity index (χ4n) is 3.88. The average Bonchev–Trinajstić information content (AvgIpc) is 3.08. The molecule has 4 amide bonds. The van der Waals surface area contributed by atoms with Crippen LogP contribution >= 0.6 is 0 Å². The van der Waals surface area contributed by atoms with Gasteiger partial charge in [0.1, 0.15) is 23.4 Å². The van der Waals surface area contributed by atoms with Gasteiger partial charge < -0.3 is 19.7 Å². The highest BCUT2D eigenvalue weighted by Gasteiger charge is 2.46. The van der Waals surface area contributed by atoms with Crippen LogP contribution in [0.2, 0.25) is 0 Å². The van der Waals surface area contributed by atoms with E-state index in [9.17, 15) is 18.8 Å². The van der Waals surface area contributed by atoms with Crippen molar-refractivity contribution in [3.63, 3.8) is 0 Å². The first-order valence-corrected chi connectivity index (χ1v) is 10.9. The summed E-state index contributed by atoms with van der Waals surface area (Å²) in [4.78, 5) is 41.9. The molecule has 1 fully saturated rings. The molecule has 1 heterocycles. The van der Waals surface area contributed by atoms with E-state index < -0.39 is 29.7 Å². The van der Waals surface area contributed by atoms with Crippen LogP contribution in [-0.2, 0) is 16.1 Å². The van der Waals surface area contributed by atoms with Gasteiger partial charge in [0.15, 0.2) is 0 Å². The molecule has 1 aliphatic rings. The zero-order valence-electron chi connectivity index (χ0n) is 19.2. The summed E-state index contributed by atoms with van der Waals surface area (Å²) in [7, 11) is 3.05. The number of hydrogen-bond donors (Lipinski definition) is 1. The van der Waals surface area contributed by atoms with Crippen LogP contribution in [0.3, 0.4) is 0 Å². The molecule has 0 unspecified atom stereocenters. The summed E-state index contributed by atoms with van der Waals surface area (Å²) in [5.41, 5.74) is 1.38. The Morgan fingerprint density at radius 3 is 2.17 bits per heavy atom. The molecule has 35 heavy (non-hydrogen) atoms. The zero-order valence-corrected chi connectivity index (χ0v) is 19.2. The quantitative estimate of drug-likeness (QED) is 0.491. The molecule has 0 aliphatic carbocycles. The first-order chi connectivity index (χ1) is 16.9. The Bertz CT molecular complexity index is 1230. The fourth-order valence-corrected chi connectivity index (χ4v) is 3.88. The number of urea groups is 1. The van der Waals surface area contributed by atoms with Gasteiger partial charge in [-0.15, -0.1) is 0 Å². The Morgan fingerprint density at radius 1 is 0.943 bits per heavy atom. The minimum Gasteiger partial charge on any atom is -0.497 e. The van der Waals surface area contributed by atoms with Gasteiger partial charge >= 0.3 is 6.03 Å². The molecule has 1 saturated heterocycles. The molecule has 8 nitrogen and oxygen atoms in total. The van der Waals surface area contributed by atoms with Crippen LogP contribution in [0.1, 0.15) is 12.0 Å². The van der Waals surface area contributed by atoms with Gasteiger partial charge in [0, 0.05) is 12.2 Å². The number of imide groups is 1. The highest BCUT2D eigenvalue weighted by atomic mass is 19.1. The smallest absolute Gasteiger partial charge is 0.332 e. The van der Waals surface area contributed by atoms with Crippen LogP contribution in [0, 0.1) is 5.82 Å². The predicted octanol–water partition coefficient (Wildman–Crippen LogP) is 4.21. The van der Waals surface area contributed by atoms with Gasteiger partial charge in [0.05, 0.1) is 26.3 Å². The van der Waals surface area contributed by atoms with Crippen molar-refractivity contribution in [1.82, 2.24) is 4.90 Å². The minimum absolute atomic E-state index is 0.0323. The Labute approximate surface area is 201 Å². The third-order valence-electron chi connectivity index (χ3n) is 5.64. The van der Waals surface area contributed by atoms with Crippen LogP contribution in [0.5, 0.6) is 11.5 Å². The summed E-state index contributed by atoms with van der Waals surface area (Å²) < 4.78 is 24.0. The van der Waals surface area contributed by atoms with Gasteiger partial charge in [-0.25, -0.2) is 14.1 Å². The highest BCUT2D eigenvalue weighted by molar-refractivity contribution is 6.22. The minimum atomic E-state index is -1.06. The van der Waals surface area contributed by atoms with Crippen LogP contribution < -0.4 is 19.7 Å². The lowest BCUT2D eigenvalue weighted by Crippen LogP contribution is -2.37. The number of benzene rings is 3. The SMILES string of the molecule is COc1ccc(NC(=O)C[C@H]2C(=O)N(c3ccc(OC)cc3)C(=O)N2Cc2cccc(F)c2)cc1. The Morgan fingerprint density at radius 2 is 1.57 bits per heavy atom. The second-order valence-corrected chi connectivity index (χ2v) is 7.91. The van der Waals surface area contributed by atoms with Gasteiger partial charge in [-0.05, 0) is 66.2 Å². The monoisotopic (exact) mass is 477 g/mol.